The number of carbonyl (C=O) groups is 2. The van der Waals surface area contributed by atoms with E-state index in [1.54, 1.807) is 43.3 Å². The van der Waals surface area contributed by atoms with Crippen molar-refractivity contribution in [1.29, 1.82) is 0 Å². The summed E-state index contributed by atoms with van der Waals surface area (Å²) in [6.07, 6.45) is 0. The van der Waals surface area contributed by atoms with Gasteiger partial charge in [0, 0.05) is 22.6 Å². The van der Waals surface area contributed by atoms with Crippen LogP contribution in [0.15, 0.2) is 53.4 Å². The highest BCUT2D eigenvalue weighted by molar-refractivity contribution is 7.89. The second-order valence-corrected chi connectivity index (χ2v) is 8.90. The molecule has 1 aromatic heterocycles. The molecule has 0 amide bonds. The number of aromatic nitrogens is 1. The molecule has 0 aliphatic carbocycles. The molecule has 1 heterocycles. The number of nitrogens with two attached hydrogens (primary N) is 1. The topological polar surface area (TPSA) is 118 Å². The Labute approximate surface area is 186 Å². The second-order valence-electron chi connectivity index (χ2n) is 7.34. The zero-order chi connectivity index (χ0) is 23.6. The lowest BCUT2D eigenvalue weighted by molar-refractivity contribution is 0.0474. The standard InChI is InChI=1S/C23H24N2O6S/c1-14-5-6-17(12-22(14)30-4)23(27)31-13-21(26)20-11-15(2)25(16(20)3)18-7-9-19(10-8-18)32(24,28)29/h5-12H,13H2,1-4H3,(H2,24,28,29). The molecule has 0 radical (unpaired) electrons. The van der Waals surface area contributed by atoms with Gasteiger partial charge in [-0.15, -0.1) is 0 Å². The zero-order valence-corrected chi connectivity index (χ0v) is 19.0. The van der Waals surface area contributed by atoms with Crippen molar-refractivity contribution in [1.82, 2.24) is 4.57 Å². The number of Topliss-reactive ketones (excluding diaryl/α,β-unsaturated/α-hetero) is 1. The summed E-state index contributed by atoms with van der Waals surface area (Å²) in [5.74, 6) is -0.412. The Kier molecular flexibility index (Phi) is 6.52. The van der Waals surface area contributed by atoms with Crippen LogP contribution >= 0.6 is 0 Å². The predicted octanol–water partition coefficient (Wildman–Crippen LogP) is 3.10. The number of rotatable bonds is 7. The Hall–Kier alpha value is -3.43. The summed E-state index contributed by atoms with van der Waals surface area (Å²) in [5.41, 5.74) is 3.67. The molecule has 3 rings (SSSR count). The van der Waals surface area contributed by atoms with Crippen molar-refractivity contribution in [3.8, 4) is 11.4 Å². The van der Waals surface area contributed by atoms with E-state index >= 15 is 0 Å². The lowest BCUT2D eigenvalue weighted by Gasteiger charge is -2.11. The monoisotopic (exact) mass is 456 g/mol. The fourth-order valence-corrected chi connectivity index (χ4v) is 3.98. The van der Waals surface area contributed by atoms with E-state index in [1.165, 1.54) is 19.2 Å². The predicted molar refractivity (Wildman–Crippen MR) is 119 cm³/mol. The number of aryl methyl sites for hydroxylation is 2. The summed E-state index contributed by atoms with van der Waals surface area (Å²) in [5, 5.41) is 5.14. The smallest absolute Gasteiger partial charge is 0.338 e. The fraction of sp³-hybridized carbons (Fsp3) is 0.217. The van der Waals surface area contributed by atoms with Crippen LogP contribution in [0.5, 0.6) is 5.75 Å². The lowest BCUT2D eigenvalue weighted by atomic mass is 10.1. The molecule has 0 bridgehead atoms. The molecule has 2 N–H and O–H groups in total. The molecule has 0 aliphatic rings. The highest BCUT2D eigenvalue weighted by Crippen LogP contribution is 2.23. The van der Waals surface area contributed by atoms with Gasteiger partial charge in [0.1, 0.15) is 5.75 Å². The number of primary sulfonamides is 1. The number of nitrogens with zero attached hydrogens (tertiary/aromatic N) is 1. The summed E-state index contributed by atoms with van der Waals surface area (Å²) in [6, 6.07) is 12.7. The quantitative estimate of drug-likeness (QED) is 0.431. The van der Waals surface area contributed by atoms with Crippen molar-refractivity contribution >= 4 is 21.8 Å². The van der Waals surface area contributed by atoms with Crippen molar-refractivity contribution in [2.45, 2.75) is 25.7 Å². The van der Waals surface area contributed by atoms with E-state index in [-0.39, 0.29) is 10.7 Å². The minimum Gasteiger partial charge on any atom is -0.496 e. The van der Waals surface area contributed by atoms with Crippen LogP contribution in [0.3, 0.4) is 0 Å². The second kappa shape index (κ2) is 8.97. The molecule has 2 aromatic carbocycles. The number of ketones is 1. The van der Waals surface area contributed by atoms with Crippen LogP contribution in [0.1, 0.15) is 37.7 Å². The van der Waals surface area contributed by atoms with Gasteiger partial charge in [-0.3, -0.25) is 4.79 Å². The molecular formula is C23H24N2O6S. The summed E-state index contributed by atoms with van der Waals surface area (Å²) in [4.78, 5) is 25.1. The maximum absolute atomic E-state index is 12.7. The van der Waals surface area contributed by atoms with Crippen LogP contribution in [-0.2, 0) is 14.8 Å². The van der Waals surface area contributed by atoms with Crippen LogP contribution in [0.25, 0.3) is 5.69 Å². The number of hydrogen-bond acceptors (Lipinski definition) is 6. The fourth-order valence-electron chi connectivity index (χ4n) is 3.47. The Morgan fingerprint density at radius 2 is 1.66 bits per heavy atom. The van der Waals surface area contributed by atoms with Crippen molar-refractivity contribution in [3.63, 3.8) is 0 Å². The first-order valence-corrected chi connectivity index (χ1v) is 11.2. The van der Waals surface area contributed by atoms with Crippen LogP contribution in [-0.4, -0.2) is 38.5 Å². The third kappa shape index (κ3) is 4.74. The maximum atomic E-state index is 12.7. The van der Waals surface area contributed by atoms with Gasteiger partial charge in [-0.2, -0.15) is 0 Å². The molecule has 9 heteroatoms. The first-order chi connectivity index (χ1) is 15.0. The molecule has 32 heavy (non-hydrogen) atoms. The van der Waals surface area contributed by atoms with E-state index in [2.05, 4.69) is 0 Å². The van der Waals surface area contributed by atoms with E-state index in [0.29, 0.717) is 28.3 Å². The summed E-state index contributed by atoms with van der Waals surface area (Å²) >= 11 is 0. The number of esters is 1. The summed E-state index contributed by atoms with van der Waals surface area (Å²) in [6.45, 7) is 5.03. The van der Waals surface area contributed by atoms with Gasteiger partial charge >= 0.3 is 5.97 Å². The molecule has 0 spiro atoms. The van der Waals surface area contributed by atoms with E-state index in [4.69, 9.17) is 14.6 Å². The lowest BCUT2D eigenvalue weighted by Crippen LogP contribution is -2.15. The van der Waals surface area contributed by atoms with E-state index < -0.39 is 22.6 Å². The van der Waals surface area contributed by atoms with Crippen LogP contribution in [0.2, 0.25) is 0 Å². The molecular weight excluding hydrogens is 432 g/mol. The van der Waals surface area contributed by atoms with Gasteiger partial charge in [0.05, 0.1) is 17.6 Å². The molecule has 0 saturated heterocycles. The van der Waals surface area contributed by atoms with Gasteiger partial charge in [-0.25, -0.2) is 18.4 Å². The normalized spacial score (nSPS) is 11.3. The summed E-state index contributed by atoms with van der Waals surface area (Å²) < 4.78 is 35.2. The third-order valence-corrected chi connectivity index (χ3v) is 6.06. The molecule has 168 valence electrons. The first-order valence-electron chi connectivity index (χ1n) is 9.70. The SMILES string of the molecule is COc1cc(C(=O)OCC(=O)c2cc(C)n(-c3ccc(S(N)(=O)=O)cc3)c2C)ccc1C. The molecule has 0 saturated carbocycles. The molecule has 0 unspecified atom stereocenters. The highest BCUT2D eigenvalue weighted by atomic mass is 32.2. The maximum Gasteiger partial charge on any atom is 0.338 e. The average molecular weight is 457 g/mol. The van der Waals surface area contributed by atoms with Crippen molar-refractivity contribution < 1.29 is 27.5 Å². The molecule has 8 nitrogen and oxygen atoms in total. The number of benzene rings is 2. The van der Waals surface area contributed by atoms with Crippen molar-refractivity contribution in [2.24, 2.45) is 5.14 Å². The van der Waals surface area contributed by atoms with E-state index in [9.17, 15) is 18.0 Å². The van der Waals surface area contributed by atoms with Gasteiger partial charge in [0.15, 0.2) is 6.61 Å². The van der Waals surface area contributed by atoms with Gasteiger partial charge in [-0.05, 0) is 68.8 Å². The number of carbonyl (C=O) groups excluding carboxylic acids is 2. The van der Waals surface area contributed by atoms with Gasteiger partial charge in [-0.1, -0.05) is 6.07 Å². The van der Waals surface area contributed by atoms with Crippen molar-refractivity contribution in [2.75, 3.05) is 13.7 Å². The highest BCUT2D eigenvalue weighted by Gasteiger charge is 2.19. The number of hydrogen-bond donors (Lipinski definition) is 1. The van der Waals surface area contributed by atoms with Gasteiger partial charge in [0.25, 0.3) is 0 Å². The van der Waals surface area contributed by atoms with Crippen molar-refractivity contribution in [3.05, 3.63) is 76.6 Å². The molecule has 0 atom stereocenters. The van der Waals surface area contributed by atoms with E-state index in [1.807, 2.05) is 18.4 Å². The van der Waals surface area contributed by atoms with Crippen LogP contribution < -0.4 is 9.88 Å². The summed E-state index contributed by atoms with van der Waals surface area (Å²) in [7, 11) is -2.28. The van der Waals surface area contributed by atoms with Crippen LogP contribution in [0, 0.1) is 20.8 Å². The Balaban J connectivity index is 1.78. The molecule has 3 aromatic rings. The number of methoxy groups -OCH3 is 1. The number of sulfonamides is 1. The van der Waals surface area contributed by atoms with Crippen LogP contribution in [0.4, 0.5) is 0 Å². The van der Waals surface area contributed by atoms with E-state index in [0.717, 1.165) is 11.3 Å². The Morgan fingerprint density at radius 1 is 1.00 bits per heavy atom. The molecule has 0 aliphatic heterocycles. The Morgan fingerprint density at radius 3 is 2.25 bits per heavy atom. The average Bonchev–Trinajstić information content (AvgIpc) is 3.05. The Bertz CT molecular complexity index is 1290. The number of ether oxygens (including phenoxy) is 2. The minimum absolute atomic E-state index is 0.000314. The van der Waals surface area contributed by atoms with Gasteiger partial charge < -0.3 is 14.0 Å². The minimum atomic E-state index is -3.80. The zero-order valence-electron chi connectivity index (χ0n) is 18.2. The third-order valence-electron chi connectivity index (χ3n) is 5.13. The van der Waals surface area contributed by atoms with Gasteiger partial charge in [0.2, 0.25) is 15.8 Å². The largest absolute Gasteiger partial charge is 0.496 e. The first kappa shape index (κ1) is 23.2. The molecule has 0 fully saturated rings.